The van der Waals surface area contributed by atoms with Crippen LogP contribution in [0, 0.1) is 40.5 Å². The smallest absolute Gasteiger partial charge is 2.00 e. The van der Waals surface area contributed by atoms with Gasteiger partial charge in [-0.25, -0.2) is 0 Å². The molecule has 16 nitrogen and oxygen atoms in total. The van der Waals surface area contributed by atoms with Gasteiger partial charge in [0, 0.05) is 0 Å². The third-order valence-electron chi connectivity index (χ3n) is 0. The van der Waals surface area contributed by atoms with E-state index in [2.05, 4.69) is 0 Å². The van der Waals surface area contributed by atoms with Crippen LogP contribution in [0.4, 0.5) is 0 Å². The first-order valence-corrected chi connectivity index (χ1v) is 1.46. The molecule has 19 heteroatoms. The molecule has 104 valence electrons. The monoisotopic (exact) mass is 392 g/mol. The van der Waals surface area contributed by atoms with Gasteiger partial charge in [0.1, 0.15) is 0 Å². The predicted molar refractivity (Wildman–Crippen MR) is 39.4 cm³/mol. The van der Waals surface area contributed by atoms with Crippen molar-refractivity contribution in [3.05, 3.63) is 40.5 Å². The number of rotatable bonds is 0. The van der Waals surface area contributed by atoms with Crippen LogP contribution in [-0.2, 0) is 87.1 Å². The zero-order valence-corrected chi connectivity index (χ0v) is 12.9. The van der Waals surface area contributed by atoms with Gasteiger partial charge >= 0.3 is 65.2 Å². The molecule has 0 aliphatic rings. The van der Waals surface area contributed by atoms with Crippen LogP contribution < -0.4 is 0 Å². The van der Waals surface area contributed by atoms with E-state index in [9.17, 15) is 0 Å². The van der Waals surface area contributed by atoms with Gasteiger partial charge in [-0.1, -0.05) is 0 Å². The van der Waals surface area contributed by atoms with Crippen LogP contribution in [0.5, 0.6) is 0 Å². The molecule has 0 spiro atoms. The zero-order chi connectivity index (χ0) is 10.8. The molecule has 0 radical (unpaired) electrons. The van der Waals surface area contributed by atoms with Gasteiger partial charge in [0.15, 0.2) is 0 Å². The molecular weight excluding hydrogens is 392 g/mol. The fraction of sp³-hybridized carbons (Fsp3) is 0. The van der Waals surface area contributed by atoms with Crippen LogP contribution >= 0.6 is 0 Å². The third-order valence-corrected chi connectivity index (χ3v) is 0. The molecule has 0 saturated carbocycles. The van der Waals surface area contributed by atoms with E-state index in [1.165, 1.54) is 0 Å². The first-order valence-electron chi connectivity index (χ1n) is 1.46. The van der Waals surface area contributed by atoms with Crippen molar-refractivity contribution in [2.45, 2.75) is 0 Å². The molecule has 0 aromatic carbocycles. The normalized spacial score (nSPS) is 2.53. The summed E-state index contributed by atoms with van der Waals surface area (Å²) in [5.74, 6) is 0. The minimum Gasteiger partial charge on any atom is -2.00 e. The molecule has 0 fully saturated rings. The maximum atomic E-state index is 8.00. The zero-order valence-electron chi connectivity index (χ0n) is 8.19. The van der Waals surface area contributed by atoms with Crippen LogP contribution in [0.15, 0.2) is 21.4 Å². The predicted octanol–water partition coefficient (Wildman–Crippen LogP) is 0.520. The van der Waals surface area contributed by atoms with Crippen LogP contribution in [0.2, 0.25) is 0 Å². The summed E-state index contributed by atoms with van der Waals surface area (Å²) in [6.45, 7) is 0. The van der Waals surface area contributed by atoms with Crippen molar-refractivity contribution in [3.8, 4) is 0 Å². The summed E-state index contributed by atoms with van der Waals surface area (Å²) >= 11 is 0. The Labute approximate surface area is 148 Å². The second-order valence-electron chi connectivity index (χ2n) is 0.298. The molecule has 0 aliphatic carbocycles. The van der Waals surface area contributed by atoms with Crippen molar-refractivity contribution < 1.29 is 87.1 Å². The maximum Gasteiger partial charge on any atom is 4.00 e. The molecule has 0 amide bonds. The van der Waals surface area contributed by atoms with E-state index in [4.69, 9.17) is 40.5 Å². The van der Waals surface area contributed by atoms with E-state index in [1.54, 1.807) is 0 Å². The van der Waals surface area contributed by atoms with Gasteiger partial charge in [0.2, 0.25) is 0 Å². The van der Waals surface area contributed by atoms with Crippen molar-refractivity contribution >= 4 is 0 Å². The molecule has 0 aromatic heterocycles. The summed E-state index contributed by atoms with van der Waals surface area (Å²) in [5.41, 5.74) is 0. The minimum absolute atomic E-state index is 0. The topological polar surface area (TPSA) is 324 Å². The van der Waals surface area contributed by atoms with E-state index < -0.39 is 0 Å². The SMILES string of the molecule is O=N[O-].O=N[O-].O=N[O-].O=N[O-].[O-2].[O-2].[O-2].[O-2].[Ti+4].[Ti+4].[Ti+4]. The largest absolute Gasteiger partial charge is 4.00 e. The average Bonchev–Trinajstić information content (AvgIpc) is 1.92. The molecule has 0 aromatic rings. The molecule has 0 bridgehead atoms. The van der Waals surface area contributed by atoms with E-state index in [0.717, 1.165) is 21.4 Å². The van der Waals surface area contributed by atoms with Gasteiger partial charge in [-0.05, 0) is 0 Å². The van der Waals surface area contributed by atoms with E-state index in [1.807, 2.05) is 0 Å². The molecular formula is N4O12Ti3. The van der Waals surface area contributed by atoms with Crippen molar-refractivity contribution in [1.29, 1.82) is 0 Å². The molecule has 0 rings (SSSR count). The minimum atomic E-state index is 0. The van der Waals surface area contributed by atoms with E-state index >= 15 is 0 Å². The Balaban J connectivity index is -0.00000000444. The summed E-state index contributed by atoms with van der Waals surface area (Å²) in [6, 6.07) is 0. The first-order chi connectivity index (χ1) is 5.66. The second kappa shape index (κ2) is 377. The summed E-state index contributed by atoms with van der Waals surface area (Å²) in [5, 5.41) is 36.0. The maximum absolute atomic E-state index is 8.00. The van der Waals surface area contributed by atoms with Gasteiger partial charge in [0.05, 0.1) is 0 Å². The van der Waals surface area contributed by atoms with Crippen molar-refractivity contribution in [2.24, 2.45) is 21.4 Å². The Kier molecular flexibility index (Phi) is 1980. The summed E-state index contributed by atoms with van der Waals surface area (Å²) in [7, 11) is 0. The van der Waals surface area contributed by atoms with Crippen molar-refractivity contribution in [1.82, 2.24) is 0 Å². The fourth-order valence-electron chi connectivity index (χ4n) is 0. The Morgan fingerprint density at radius 1 is 0.421 bits per heavy atom. The molecule has 0 unspecified atom stereocenters. The average molecular weight is 392 g/mol. The summed E-state index contributed by atoms with van der Waals surface area (Å²) in [6.07, 6.45) is 0. The molecule has 19 heavy (non-hydrogen) atoms. The number of hydrogen-bond donors (Lipinski definition) is 0. The third kappa shape index (κ3) is 24500. The fourth-order valence-corrected chi connectivity index (χ4v) is 0. The van der Waals surface area contributed by atoms with E-state index in [-0.39, 0.29) is 87.1 Å². The van der Waals surface area contributed by atoms with Gasteiger partial charge in [-0.2, -0.15) is 0 Å². The summed E-state index contributed by atoms with van der Waals surface area (Å²) in [4.78, 5) is 32.0. The Morgan fingerprint density at radius 2 is 0.421 bits per heavy atom. The summed E-state index contributed by atoms with van der Waals surface area (Å²) < 4.78 is 0. The van der Waals surface area contributed by atoms with Crippen LogP contribution in [0.3, 0.4) is 0 Å². The molecule has 0 aliphatic heterocycles. The standard InChI is InChI=1S/4HNO2.4O.3Ti/c4*2-1-3;;;;;;;/h4*(H,2,3);;;;;;;/q;;;;4*-2;3*+4/p-4. The van der Waals surface area contributed by atoms with Crippen LogP contribution in [0.1, 0.15) is 0 Å². The molecule has 0 atom stereocenters. The molecule has 0 heterocycles. The number of hydrogen-bond acceptors (Lipinski definition) is 12. The van der Waals surface area contributed by atoms with Gasteiger partial charge in [-0.15, -0.1) is 21.4 Å². The Morgan fingerprint density at radius 3 is 0.421 bits per heavy atom. The number of nitrogens with zero attached hydrogens (tertiary/aromatic N) is 4. The van der Waals surface area contributed by atoms with Crippen LogP contribution in [0.25, 0.3) is 0 Å². The van der Waals surface area contributed by atoms with Gasteiger partial charge < -0.3 is 62.4 Å². The Bertz CT molecular complexity index is 79.0. The molecule has 0 saturated heterocycles. The van der Waals surface area contributed by atoms with Gasteiger partial charge in [-0.3, -0.25) is 0 Å². The van der Waals surface area contributed by atoms with Crippen molar-refractivity contribution in [3.63, 3.8) is 0 Å². The second-order valence-corrected chi connectivity index (χ2v) is 0.298. The van der Waals surface area contributed by atoms with Crippen molar-refractivity contribution in [2.75, 3.05) is 0 Å². The first kappa shape index (κ1) is 99.9. The molecule has 0 N–H and O–H groups in total. The van der Waals surface area contributed by atoms with E-state index in [0.29, 0.717) is 0 Å². The van der Waals surface area contributed by atoms with Gasteiger partial charge in [0.25, 0.3) is 0 Å². The Hall–Kier alpha value is -0.417. The van der Waals surface area contributed by atoms with Crippen LogP contribution in [-0.4, -0.2) is 0 Å². The quantitative estimate of drug-likeness (QED) is 0.317.